The largest absolute Gasteiger partial charge is 0.388 e. The third kappa shape index (κ3) is 3.07. The Balaban J connectivity index is 1.86. The first-order chi connectivity index (χ1) is 11.3. The molecule has 8 nitrogen and oxygen atoms in total. The van der Waals surface area contributed by atoms with Crippen LogP contribution in [0.25, 0.3) is 0 Å². The molecule has 0 saturated carbocycles. The molecule has 8 heteroatoms. The van der Waals surface area contributed by atoms with E-state index in [1.807, 2.05) is 24.9 Å². The van der Waals surface area contributed by atoms with Crippen LogP contribution >= 0.6 is 0 Å². The smallest absolute Gasteiger partial charge is 0.328 e. The van der Waals surface area contributed by atoms with E-state index in [2.05, 4.69) is 15.0 Å². The Hall–Kier alpha value is -2.19. The van der Waals surface area contributed by atoms with Crippen molar-refractivity contribution in [1.82, 2.24) is 24.2 Å². The standard InChI is InChI=1S/C16H23N5O3/c1-11-12(8-17-19(11)3)9-20-7-5-16(2,24)13(10-20)21-6-4-14(22)18-15(21)23/h4,6,8,13,24H,5,7,9-10H2,1-3H3,(H,18,22,23)/t13-,16-/m1/s1. The number of hydrogen-bond acceptors (Lipinski definition) is 5. The van der Waals surface area contributed by atoms with Gasteiger partial charge in [-0.15, -0.1) is 0 Å². The second kappa shape index (κ2) is 6.03. The zero-order valence-corrected chi connectivity index (χ0v) is 14.2. The van der Waals surface area contributed by atoms with Crippen molar-refractivity contribution in [3.8, 4) is 0 Å². The Morgan fingerprint density at radius 2 is 2.21 bits per heavy atom. The zero-order valence-electron chi connectivity index (χ0n) is 14.2. The maximum atomic E-state index is 12.1. The van der Waals surface area contributed by atoms with Crippen molar-refractivity contribution in [1.29, 1.82) is 0 Å². The number of aryl methyl sites for hydroxylation is 1. The van der Waals surface area contributed by atoms with Gasteiger partial charge in [0.25, 0.3) is 5.56 Å². The average molecular weight is 333 g/mol. The highest BCUT2D eigenvalue weighted by Crippen LogP contribution is 2.31. The number of likely N-dealkylation sites (tertiary alicyclic amines) is 1. The van der Waals surface area contributed by atoms with Crippen molar-refractivity contribution in [3.05, 3.63) is 50.6 Å². The van der Waals surface area contributed by atoms with Crippen LogP contribution in [0.1, 0.15) is 30.6 Å². The molecule has 0 aliphatic carbocycles. The first-order valence-corrected chi connectivity index (χ1v) is 8.01. The van der Waals surface area contributed by atoms with Gasteiger partial charge >= 0.3 is 5.69 Å². The number of hydrogen-bond donors (Lipinski definition) is 2. The molecule has 0 bridgehead atoms. The van der Waals surface area contributed by atoms with E-state index in [1.54, 1.807) is 6.92 Å². The maximum Gasteiger partial charge on any atom is 0.328 e. The lowest BCUT2D eigenvalue weighted by atomic mass is 9.88. The van der Waals surface area contributed by atoms with Gasteiger partial charge in [-0.05, 0) is 20.3 Å². The molecule has 1 aliphatic rings. The molecule has 2 N–H and O–H groups in total. The fourth-order valence-corrected chi connectivity index (χ4v) is 3.23. The highest BCUT2D eigenvalue weighted by molar-refractivity contribution is 5.16. The second-order valence-electron chi connectivity index (χ2n) is 6.75. The molecule has 3 heterocycles. The summed E-state index contributed by atoms with van der Waals surface area (Å²) < 4.78 is 3.25. The molecule has 24 heavy (non-hydrogen) atoms. The van der Waals surface area contributed by atoms with Gasteiger partial charge in [-0.1, -0.05) is 0 Å². The zero-order chi connectivity index (χ0) is 17.5. The van der Waals surface area contributed by atoms with Crippen LogP contribution in [0.2, 0.25) is 0 Å². The van der Waals surface area contributed by atoms with Crippen LogP contribution in [-0.2, 0) is 13.6 Å². The molecule has 0 spiro atoms. The van der Waals surface area contributed by atoms with Crippen molar-refractivity contribution in [2.24, 2.45) is 7.05 Å². The van der Waals surface area contributed by atoms with E-state index in [9.17, 15) is 14.7 Å². The molecule has 1 aliphatic heterocycles. The molecule has 2 aromatic rings. The number of nitrogens with zero attached hydrogens (tertiary/aromatic N) is 4. The highest BCUT2D eigenvalue weighted by Gasteiger charge is 2.39. The number of aromatic amines is 1. The van der Waals surface area contributed by atoms with E-state index in [1.165, 1.54) is 16.8 Å². The van der Waals surface area contributed by atoms with Gasteiger partial charge in [0.05, 0.1) is 17.8 Å². The summed E-state index contributed by atoms with van der Waals surface area (Å²) in [5, 5.41) is 15.0. The van der Waals surface area contributed by atoms with Crippen LogP contribution in [0.3, 0.4) is 0 Å². The molecule has 0 amide bonds. The summed E-state index contributed by atoms with van der Waals surface area (Å²) in [5.41, 5.74) is 0.293. The molecular weight excluding hydrogens is 310 g/mol. The lowest BCUT2D eigenvalue weighted by molar-refractivity contribution is -0.0542. The van der Waals surface area contributed by atoms with Crippen molar-refractivity contribution in [2.75, 3.05) is 13.1 Å². The Bertz CT molecular complexity index is 848. The van der Waals surface area contributed by atoms with Gasteiger partial charge in [0.2, 0.25) is 0 Å². The van der Waals surface area contributed by atoms with Crippen LogP contribution in [0.5, 0.6) is 0 Å². The van der Waals surface area contributed by atoms with E-state index < -0.39 is 22.9 Å². The minimum absolute atomic E-state index is 0.424. The van der Waals surface area contributed by atoms with Gasteiger partial charge in [-0.25, -0.2) is 4.79 Å². The SMILES string of the molecule is Cc1c(CN2CC[C@@](C)(O)[C@H](n3ccc(=O)[nH]c3=O)C2)cnn1C. The van der Waals surface area contributed by atoms with Crippen molar-refractivity contribution >= 4 is 0 Å². The summed E-state index contributed by atoms with van der Waals surface area (Å²) in [5.74, 6) is 0. The Labute approximate surface area is 139 Å². The van der Waals surface area contributed by atoms with E-state index in [0.29, 0.717) is 19.5 Å². The molecule has 1 fully saturated rings. The van der Waals surface area contributed by atoms with Gasteiger partial charge < -0.3 is 5.11 Å². The fraction of sp³-hybridized carbons (Fsp3) is 0.562. The van der Waals surface area contributed by atoms with Gasteiger partial charge in [0.1, 0.15) is 0 Å². The predicted molar refractivity (Wildman–Crippen MR) is 88.8 cm³/mol. The minimum atomic E-state index is -1.01. The van der Waals surface area contributed by atoms with Crippen LogP contribution in [0, 0.1) is 6.92 Å². The third-order valence-electron chi connectivity index (χ3n) is 5.00. The van der Waals surface area contributed by atoms with Crippen molar-refractivity contribution < 1.29 is 5.11 Å². The first-order valence-electron chi connectivity index (χ1n) is 8.01. The van der Waals surface area contributed by atoms with Crippen LogP contribution in [0.15, 0.2) is 28.0 Å². The van der Waals surface area contributed by atoms with Crippen LogP contribution in [-0.4, -0.2) is 48.0 Å². The van der Waals surface area contributed by atoms with E-state index in [4.69, 9.17) is 0 Å². The van der Waals surface area contributed by atoms with E-state index in [0.717, 1.165) is 17.8 Å². The van der Waals surface area contributed by atoms with E-state index >= 15 is 0 Å². The summed E-state index contributed by atoms with van der Waals surface area (Å²) in [6.07, 6.45) is 3.85. The molecule has 3 rings (SSSR count). The average Bonchev–Trinajstić information content (AvgIpc) is 2.82. The lowest BCUT2D eigenvalue weighted by Crippen LogP contribution is -2.53. The maximum absolute atomic E-state index is 12.1. The number of aliphatic hydroxyl groups is 1. The number of rotatable bonds is 3. The van der Waals surface area contributed by atoms with Gasteiger partial charge in [0, 0.05) is 50.2 Å². The molecule has 0 aromatic carbocycles. The molecule has 2 aromatic heterocycles. The predicted octanol–water partition coefficient (Wildman–Crippen LogP) is -0.223. The van der Waals surface area contributed by atoms with Crippen LogP contribution in [0.4, 0.5) is 0 Å². The molecule has 0 radical (unpaired) electrons. The van der Waals surface area contributed by atoms with Crippen molar-refractivity contribution in [3.63, 3.8) is 0 Å². The monoisotopic (exact) mass is 333 g/mol. The Morgan fingerprint density at radius 3 is 2.83 bits per heavy atom. The topological polar surface area (TPSA) is 96.2 Å². The lowest BCUT2D eigenvalue weighted by Gasteiger charge is -2.43. The number of piperidine rings is 1. The Kier molecular flexibility index (Phi) is 4.18. The number of nitrogens with one attached hydrogen (secondary N) is 1. The summed E-state index contributed by atoms with van der Waals surface area (Å²) >= 11 is 0. The fourth-order valence-electron chi connectivity index (χ4n) is 3.23. The number of H-pyrrole nitrogens is 1. The van der Waals surface area contributed by atoms with E-state index in [-0.39, 0.29) is 0 Å². The molecule has 1 saturated heterocycles. The summed E-state index contributed by atoms with van der Waals surface area (Å²) in [6, 6.07) is 0.884. The Morgan fingerprint density at radius 1 is 1.46 bits per heavy atom. The second-order valence-corrected chi connectivity index (χ2v) is 6.75. The molecule has 130 valence electrons. The molecular formula is C16H23N5O3. The highest BCUT2D eigenvalue weighted by atomic mass is 16.3. The summed E-state index contributed by atoms with van der Waals surface area (Å²) in [4.78, 5) is 27.9. The quantitative estimate of drug-likeness (QED) is 0.809. The van der Waals surface area contributed by atoms with Gasteiger partial charge in [-0.3, -0.25) is 23.9 Å². The normalized spacial score (nSPS) is 25.1. The minimum Gasteiger partial charge on any atom is -0.388 e. The summed E-state index contributed by atoms with van der Waals surface area (Å²) in [6.45, 7) is 5.72. The van der Waals surface area contributed by atoms with Crippen LogP contribution < -0.4 is 11.2 Å². The molecule has 2 atom stereocenters. The molecule has 0 unspecified atom stereocenters. The van der Waals surface area contributed by atoms with Gasteiger partial charge in [-0.2, -0.15) is 5.10 Å². The van der Waals surface area contributed by atoms with Gasteiger partial charge in [0.15, 0.2) is 0 Å². The third-order valence-corrected chi connectivity index (χ3v) is 5.00. The first kappa shape index (κ1) is 16.7. The number of aromatic nitrogens is 4. The summed E-state index contributed by atoms with van der Waals surface area (Å²) in [7, 11) is 1.91. The van der Waals surface area contributed by atoms with Crippen molar-refractivity contribution in [2.45, 2.75) is 38.5 Å².